The van der Waals surface area contributed by atoms with Crippen LogP contribution in [0.5, 0.6) is 0 Å². The fourth-order valence-electron chi connectivity index (χ4n) is 3.15. The number of piperidine rings is 1. The number of rotatable bonds is 1. The topological polar surface area (TPSA) is 36.9 Å². The maximum Gasteiger partial charge on any atom is 0.179 e. The average molecular weight is 276 g/mol. The Morgan fingerprint density at radius 3 is 3.00 bits per heavy atom. The van der Waals surface area contributed by atoms with Gasteiger partial charge in [0.25, 0.3) is 0 Å². The second kappa shape index (κ2) is 4.72. The van der Waals surface area contributed by atoms with E-state index in [2.05, 4.69) is 46.4 Å². The third-order valence-electron chi connectivity index (χ3n) is 4.09. The van der Waals surface area contributed by atoms with Crippen LogP contribution in [0, 0.1) is 17.6 Å². The second-order valence-electron chi connectivity index (χ2n) is 5.78. The molecule has 2 aromatic heterocycles. The van der Waals surface area contributed by atoms with Gasteiger partial charge in [0.2, 0.25) is 0 Å². The number of hydrogen-bond acceptors (Lipinski definition) is 3. The van der Waals surface area contributed by atoms with Crippen LogP contribution >= 0.6 is 12.2 Å². The molecule has 0 amide bonds. The van der Waals surface area contributed by atoms with Crippen molar-refractivity contribution in [3.8, 4) is 0 Å². The lowest BCUT2D eigenvalue weighted by molar-refractivity contribution is 0.160. The van der Waals surface area contributed by atoms with E-state index in [0.717, 1.165) is 41.0 Å². The minimum Gasteiger partial charge on any atom is -0.329 e. The standard InChI is InChI=1S/C14H20N4S/c1-9-6-11-13(15-7-9)18(14(19)16-11)12-4-5-17(3)8-10(12)2/h6-7,10,12H,4-5,8H2,1-3H3,(H,16,19). The molecule has 3 heterocycles. The van der Waals surface area contributed by atoms with Crippen LogP contribution in [0.3, 0.4) is 0 Å². The Morgan fingerprint density at radius 1 is 1.47 bits per heavy atom. The number of aryl methyl sites for hydroxylation is 1. The van der Waals surface area contributed by atoms with Crippen LogP contribution < -0.4 is 0 Å². The third kappa shape index (κ3) is 2.21. The first-order chi connectivity index (χ1) is 9.06. The lowest BCUT2D eigenvalue weighted by Crippen LogP contribution is -2.37. The molecular formula is C14H20N4S. The van der Waals surface area contributed by atoms with E-state index in [0.29, 0.717) is 12.0 Å². The number of aromatic nitrogens is 3. The normalized spacial score (nSPS) is 25.0. The van der Waals surface area contributed by atoms with Crippen molar-refractivity contribution in [2.45, 2.75) is 26.3 Å². The Hall–Kier alpha value is -1.20. The van der Waals surface area contributed by atoms with E-state index in [4.69, 9.17) is 12.2 Å². The minimum absolute atomic E-state index is 0.452. The molecule has 2 unspecified atom stereocenters. The number of aromatic amines is 1. The van der Waals surface area contributed by atoms with Crippen molar-refractivity contribution in [2.24, 2.45) is 5.92 Å². The summed E-state index contributed by atoms with van der Waals surface area (Å²) in [5.74, 6) is 0.590. The van der Waals surface area contributed by atoms with Crippen LogP contribution in [0.2, 0.25) is 0 Å². The second-order valence-corrected chi connectivity index (χ2v) is 6.17. The number of nitrogens with one attached hydrogen (secondary N) is 1. The van der Waals surface area contributed by atoms with Crippen molar-refractivity contribution in [3.05, 3.63) is 22.6 Å². The van der Waals surface area contributed by atoms with Gasteiger partial charge in [0, 0.05) is 18.8 Å². The summed E-state index contributed by atoms with van der Waals surface area (Å²) in [5.41, 5.74) is 3.21. The molecule has 0 bridgehead atoms. The molecule has 1 N–H and O–H groups in total. The van der Waals surface area contributed by atoms with Gasteiger partial charge in [0.15, 0.2) is 10.4 Å². The zero-order valence-electron chi connectivity index (χ0n) is 11.7. The Bertz CT molecular complexity index is 657. The summed E-state index contributed by atoms with van der Waals surface area (Å²) in [6, 6.07) is 2.57. The lowest BCUT2D eigenvalue weighted by atomic mass is 9.94. The zero-order valence-corrected chi connectivity index (χ0v) is 12.5. The first-order valence-corrected chi connectivity index (χ1v) is 7.22. The van der Waals surface area contributed by atoms with E-state index in [9.17, 15) is 0 Å². The van der Waals surface area contributed by atoms with Gasteiger partial charge in [-0.1, -0.05) is 6.92 Å². The van der Waals surface area contributed by atoms with Crippen LogP contribution in [0.25, 0.3) is 11.2 Å². The summed E-state index contributed by atoms with van der Waals surface area (Å²) in [6.07, 6.45) is 3.05. The predicted molar refractivity (Wildman–Crippen MR) is 80.0 cm³/mol. The van der Waals surface area contributed by atoms with Gasteiger partial charge in [-0.15, -0.1) is 0 Å². The van der Waals surface area contributed by atoms with Crippen LogP contribution in [0.15, 0.2) is 12.3 Å². The van der Waals surface area contributed by atoms with Crippen LogP contribution in [-0.4, -0.2) is 39.6 Å². The number of nitrogens with zero attached hydrogens (tertiary/aromatic N) is 3. The molecule has 4 nitrogen and oxygen atoms in total. The minimum atomic E-state index is 0.452. The molecule has 5 heteroatoms. The lowest BCUT2D eigenvalue weighted by Gasteiger charge is -2.35. The molecule has 0 aliphatic carbocycles. The predicted octanol–water partition coefficient (Wildman–Crippen LogP) is 2.92. The fourth-order valence-corrected chi connectivity index (χ4v) is 3.48. The highest BCUT2D eigenvalue weighted by Gasteiger charge is 2.27. The molecule has 1 fully saturated rings. The molecule has 1 saturated heterocycles. The molecule has 2 atom stereocenters. The van der Waals surface area contributed by atoms with Crippen LogP contribution in [0.4, 0.5) is 0 Å². The van der Waals surface area contributed by atoms with E-state index in [1.807, 2.05) is 6.20 Å². The van der Waals surface area contributed by atoms with Gasteiger partial charge in [-0.2, -0.15) is 0 Å². The number of H-pyrrole nitrogens is 1. The van der Waals surface area contributed by atoms with Crippen molar-refractivity contribution in [3.63, 3.8) is 0 Å². The molecule has 0 radical (unpaired) electrons. The molecule has 2 aromatic rings. The van der Waals surface area contributed by atoms with E-state index < -0.39 is 0 Å². The molecule has 0 aromatic carbocycles. The molecule has 1 aliphatic heterocycles. The Kier molecular flexibility index (Phi) is 3.19. The van der Waals surface area contributed by atoms with Gasteiger partial charge < -0.3 is 9.88 Å². The average Bonchev–Trinajstić information content (AvgIpc) is 2.65. The van der Waals surface area contributed by atoms with Gasteiger partial charge >= 0.3 is 0 Å². The summed E-state index contributed by atoms with van der Waals surface area (Å²) >= 11 is 5.51. The maximum absolute atomic E-state index is 5.51. The largest absolute Gasteiger partial charge is 0.329 e. The van der Waals surface area contributed by atoms with Crippen molar-refractivity contribution >= 4 is 23.4 Å². The monoisotopic (exact) mass is 276 g/mol. The van der Waals surface area contributed by atoms with Crippen LogP contribution in [0.1, 0.15) is 24.9 Å². The quantitative estimate of drug-likeness (QED) is 0.814. The van der Waals surface area contributed by atoms with Gasteiger partial charge in [-0.3, -0.25) is 4.57 Å². The summed E-state index contributed by atoms with van der Waals surface area (Å²) in [6.45, 7) is 6.59. The maximum atomic E-state index is 5.51. The first-order valence-electron chi connectivity index (χ1n) is 6.81. The highest BCUT2D eigenvalue weighted by atomic mass is 32.1. The summed E-state index contributed by atoms with van der Waals surface area (Å²) in [5, 5.41) is 0. The summed E-state index contributed by atoms with van der Waals surface area (Å²) < 4.78 is 3.02. The first kappa shape index (κ1) is 12.8. The Morgan fingerprint density at radius 2 is 2.26 bits per heavy atom. The number of fused-ring (bicyclic) bond motifs is 1. The van der Waals surface area contributed by atoms with Crippen LogP contribution in [-0.2, 0) is 0 Å². The molecule has 19 heavy (non-hydrogen) atoms. The number of pyridine rings is 1. The van der Waals surface area contributed by atoms with E-state index in [1.165, 1.54) is 0 Å². The van der Waals surface area contributed by atoms with Gasteiger partial charge in [-0.05, 0) is 56.7 Å². The molecule has 3 rings (SSSR count). The number of hydrogen-bond donors (Lipinski definition) is 1. The molecule has 0 saturated carbocycles. The molecule has 102 valence electrons. The highest BCUT2D eigenvalue weighted by Crippen LogP contribution is 2.30. The summed E-state index contributed by atoms with van der Waals surface area (Å²) in [7, 11) is 2.18. The highest BCUT2D eigenvalue weighted by molar-refractivity contribution is 7.71. The van der Waals surface area contributed by atoms with Gasteiger partial charge in [-0.25, -0.2) is 4.98 Å². The van der Waals surface area contributed by atoms with E-state index in [1.54, 1.807) is 0 Å². The third-order valence-corrected chi connectivity index (χ3v) is 4.39. The molecule has 1 aliphatic rings. The number of imidazole rings is 1. The van der Waals surface area contributed by atoms with Crippen molar-refractivity contribution in [1.29, 1.82) is 0 Å². The smallest absolute Gasteiger partial charge is 0.179 e. The SMILES string of the molecule is Cc1cnc2c(c1)[nH]c(=S)n2C1CCN(C)CC1C. The van der Waals surface area contributed by atoms with Crippen molar-refractivity contribution in [1.82, 2.24) is 19.4 Å². The number of likely N-dealkylation sites (tertiary alicyclic amines) is 1. The Balaban J connectivity index is 2.09. The van der Waals surface area contributed by atoms with Gasteiger partial charge in [0.1, 0.15) is 0 Å². The summed E-state index contributed by atoms with van der Waals surface area (Å²) in [4.78, 5) is 10.3. The Labute approximate surface area is 118 Å². The molecule has 0 spiro atoms. The van der Waals surface area contributed by atoms with E-state index in [-0.39, 0.29) is 0 Å². The van der Waals surface area contributed by atoms with Crippen molar-refractivity contribution in [2.75, 3.05) is 20.1 Å². The van der Waals surface area contributed by atoms with E-state index >= 15 is 0 Å². The fraction of sp³-hybridized carbons (Fsp3) is 0.571. The van der Waals surface area contributed by atoms with Gasteiger partial charge in [0.05, 0.1) is 5.52 Å². The molecular weight excluding hydrogens is 256 g/mol. The zero-order chi connectivity index (χ0) is 13.6. The van der Waals surface area contributed by atoms with Crippen molar-refractivity contribution < 1.29 is 0 Å².